The highest BCUT2D eigenvalue weighted by Gasteiger charge is 2.66. The summed E-state index contributed by atoms with van der Waals surface area (Å²) >= 11 is 0. The summed E-state index contributed by atoms with van der Waals surface area (Å²) in [5.74, 6) is -1.05. The average Bonchev–Trinajstić information content (AvgIpc) is 3.83. The minimum absolute atomic E-state index is 0.0416. The van der Waals surface area contributed by atoms with Crippen LogP contribution in [0.3, 0.4) is 0 Å². The number of nitrogens with zero attached hydrogens (tertiary/aromatic N) is 4. The maximum absolute atomic E-state index is 15.2. The van der Waals surface area contributed by atoms with Crippen LogP contribution in [0.2, 0.25) is 18.6 Å². The summed E-state index contributed by atoms with van der Waals surface area (Å²) in [6, 6.07) is 31.1. The first-order chi connectivity index (χ1) is 26.0. The van der Waals surface area contributed by atoms with Gasteiger partial charge in [0.25, 0.3) is 5.91 Å². The summed E-state index contributed by atoms with van der Waals surface area (Å²) < 4.78 is 6.99. The molecular formula is C42H46N4O7Si. The fourth-order valence-electron chi connectivity index (χ4n) is 8.92. The molecule has 5 atom stereocenters. The lowest BCUT2D eigenvalue weighted by molar-refractivity contribution is -0.150. The van der Waals surface area contributed by atoms with Crippen LogP contribution in [0.25, 0.3) is 0 Å². The van der Waals surface area contributed by atoms with E-state index in [0.29, 0.717) is 47.0 Å². The third kappa shape index (κ3) is 6.53. The minimum atomic E-state index is -3.10. The van der Waals surface area contributed by atoms with Crippen LogP contribution in [-0.2, 0) is 36.1 Å². The number of fused-ring (bicyclic) bond motifs is 2. The highest BCUT2D eigenvalue weighted by Crippen LogP contribution is 2.60. The Morgan fingerprint density at radius 1 is 0.889 bits per heavy atom. The summed E-state index contributed by atoms with van der Waals surface area (Å²) in [4.78, 5) is 72.2. The molecule has 0 radical (unpaired) electrons. The number of hydrogen-bond acceptors (Lipinski definition) is 7. The van der Waals surface area contributed by atoms with Crippen LogP contribution >= 0.6 is 0 Å². The second-order valence-electron chi connectivity index (χ2n) is 15.0. The molecule has 0 bridgehead atoms. The molecule has 2 fully saturated rings. The Kier molecular flexibility index (Phi) is 10.3. The molecule has 3 aliphatic rings. The van der Waals surface area contributed by atoms with Crippen molar-refractivity contribution in [2.45, 2.75) is 69.1 Å². The van der Waals surface area contributed by atoms with Crippen molar-refractivity contribution in [3.05, 3.63) is 114 Å². The van der Waals surface area contributed by atoms with E-state index in [1.807, 2.05) is 117 Å². The van der Waals surface area contributed by atoms with Crippen LogP contribution in [0.4, 0.5) is 28.4 Å². The number of anilines is 5. The lowest BCUT2D eigenvalue weighted by atomic mass is 9.82. The molecule has 4 amide bonds. The van der Waals surface area contributed by atoms with E-state index in [0.717, 1.165) is 24.8 Å². The summed E-state index contributed by atoms with van der Waals surface area (Å²) in [6.45, 7) is 6.10. The first-order valence-corrected chi connectivity index (χ1v) is 21.5. The number of hydrogen-bond donors (Lipinski definition) is 2. The van der Waals surface area contributed by atoms with Gasteiger partial charge in [0, 0.05) is 46.3 Å². The Balaban J connectivity index is 1.31. The summed E-state index contributed by atoms with van der Waals surface area (Å²) in [5.41, 5.74) is 2.37. The summed E-state index contributed by atoms with van der Waals surface area (Å²) in [7, 11) is -3.10. The molecule has 3 heterocycles. The molecule has 3 aliphatic heterocycles. The molecule has 4 aromatic rings. The molecule has 7 rings (SSSR count). The molecule has 280 valence electrons. The van der Waals surface area contributed by atoms with E-state index in [9.17, 15) is 24.3 Å². The van der Waals surface area contributed by atoms with Gasteiger partial charge in [-0.25, -0.2) is 0 Å². The lowest BCUT2D eigenvalue weighted by Gasteiger charge is -2.33. The Morgan fingerprint density at radius 3 is 2.09 bits per heavy atom. The molecule has 0 aromatic heterocycles. The number of para-hydroxylation sites is 2. The van der Waals surface area contributed by atoms with Gasteiger partial charge in [0.05, 0.1) is 37.4 Å². The second-order valence-corrected chi connectivity index (χ2v) is 19.0. The SMILES string of the molecule is C[C@@H]1[C@@H]([Si](C)(C)O)[C@H](CC(=O)N2CCC[C@H]2CO)O[C@@]12C(=O)N(Cc1cccc(N(C=O)c3ccccc3)c1)c1ccc(N(C=O)c3ccccc3)cc12. The Bertz CT molecular complexity index is 2030. The van der Waals surface area contributed by atoms with Crippen LogP contribution in [0, 0.1) is 5.92 Å². The van der Waals surface area contributed by atoms with Gasteiger partial charge in [-0.3, -0.25) is 29.0 Å². The Morgan fingerprint density at radius 2 is 1.50 bits per heavy atom. The van der Waals surface area contributed by atoms with Crippen molar-refractivity contribution in [2.24, 2.45) is 5.92 Å². The second kappa shape index (κ2) is 14.9. The van der Waals surface area contributed by atoms with Crippen LogP contribution in [0.1, 0.15) is 37.3 Å². The van der Waals surface area contributed by atoms with Crippen LogP contribution < -0.4 is 14.7 Å². The number of amides is 4. The van der Waals surface area contributed by atoms with Crippen LogP contribution in [0.15, 0.2) is 103 Å². The quantitative estimate of drug-likeness (QED) is 0.135. The lowest BCUT2D eigenvalue weighted by Crippen LogP contribution is -2.46. The monoisotopic (exact) mass is 746 g/mol. The van der Waals surface area contributed by atoms with Gasteiger partial charge in [0.1, 0.15) is 0 Å². The van der Waals surface area contributed by atoms with Crippen molar-refractivity contribution in [1.82, 2.24) is 4.90 Å². The maximum Gasteiger partial charge on any atom is 0.264 e. The van der Waals surface area contributed by atoms with Crippen molar-refractivity contribution < 1.29 is 33.8 Å². The van der Waals surface area contributed by atoms with E-state index < -0.39 is 31.5 Å². The van der Waals surface area contributed by atoms with Crippen molar-refractivity contribution in [1.29, 1.82) is 0 Å². The highest BCUT2D eigenvalue weighted by atomic mass is 28.4. The number of likely N-dealkylation sites (tertiary alicyclic amines) is 1. The van der Waals surface area contributed by atoms with Crippen LogP contribution in [-0.4, -0.2) is 73.1 Å². The maximum atomic E-state index is 15.2. The zero-order chi connectivity index (χ0) is 38.2. The molecule has 0 aliphatic carbocycles. The predicted octanol–water partition coefficient (Wildman–Crippen LogP) is 5.99. The standard InChI is InChI=1S/C42H46N4O7Si/c1-29-40(54(2,3)52)38(24-39(50)43-21-11-18-35(43)26-47)53-42(29)36-23-34(46(28-49)32-15-8-5-9-16-32)19-20-37(36)44(41(42)51)25-30-12-10-17-33(22-30)45(27-48)31-13-6-4-7-14-31/h4-10,12-17,19-20,22-23,27-29,35,38,40,47,52H,11,18,21,24-26H2,1-3H3/t29-,35+,38+,40-,42+/m1/s1. The summed E-state index contributed by atoms with van der Waals surface area (Å²) in [6.07, 6.45) is 2.19. The van der Waals surface area contributed by atoms with E-state index in [1.54, 1.807) is 20.8 Å². The molecule has 2 saturated heterocycles. The van der Waals surface area contributed by atoms with Crippen molar-refractivity contribution in [2.75, 3.05) is 27.9 Å². The molecule has 54 heavy (non-hydrogen) atoms. The molecule has 1 spiro atoms. The average molecular weight is 747 g/mol. The van der Waals surface area contributed by atoms with Gasteiger partial charge >= 0.3 is 0 Å². The fraction of sp³-hybridized carbons (Fsp3) is 0.333. The largest absolute Gasteiger partial charge is 0.432 e. The molecule has 2 N–H and O–H groups in total. The van der Waals surface area contributed by atoms with Gasteiger partial charge in [0.15, 0.2) is 13.9 Å². The number of aliphatic hydroxyl groups excluding tert-OH is 1. The molecule has 12 heteroatoms. The van der Waals surface area contributed by atoms with E-state index in [2.05, 4.69) is 0 Å². The van der Waals surface area contributed by atoms with Crippen molar-refractivity contribution >= 4 is 61.4 Å². The number of ether oxygens (including phenoxy) is 1. The number of carbonyl (C=O) groups excluding carboxylic acids is 4. The van der Waals surface area contributed by atoms with Gasteiger partial charge in [0.2, 0.25) is 18.7 Å². The van der Waals surface area contributed by atoms with E-state index in [-0.39, 0.29) is 37.4 Å². The third-order valence-electron chi connectivity index (χ3n) is 11.3. The van der Waals surface area contributed by atoms with Gasteiger partial charge in [-0.15, -0.1) is 0 Å². The molecule has 0 saturated carbocycles. The van der Waals surface area contributed by atoms with Gasteiger partial charge in [-0.05, 0) is 86.1 Å². The minimum Gasteiger partial charge on any atom is -0.432 e. The highest BCUT2D eigenvalue weighted by molar-refractivity contribution is 6.71. The number of carbonyl (C=O) groups is 4. The van der Waals surface area contributed by atoms with Gasteiger partial charge in [-0.2, -0.15) is 0 Å². The number of benzene rings is 4. The Hall–Kier alpha value is -5.14. The molecular weight excluding hydrogens is 701 g/mol. The summed E-state index contributed by atoms with van der Waals surface area (Å²) in [5, 5.41) is 9.97. The number of rotatable bonds is 12. The molecule has 4 aromatic carbocycles. The number of aliphatic hydroxyl groups is 1. The molecule has 0 unspecified atom stereocenters. The van der Waals surface area contributed by atoms with Crippen LogP contribution in [0.5, 0.6) is 0 Å². The zero-order valence-corrected chi connectivity index (χ0v) is 31.7. The van der Waals surface area contributed by atoms with Gasteiger partial charge < -0.3 is 24.4 Å². The fourth-order valence-corrected chi connectivity index (χ4v) is 11.5. The third-order valence-corrected chi connectivity index (χ3v) is 13.8. The smallest absolute Gasteiger partial charge is 0.264 e. The normalized spacial score (nSPS) is 23.5. The topological polar surface area (TPSA) is 131 Å². The first kappa shape index (κ1) is 37.2. The van der Waals surface area contributed by atoms with Crippen molar-refractivity contribution in [3.63, 3.8) is 0 Å². The zero-order valence-electron chi connectivity index (χ0n) is 30.7. The Labute approximate surface area is 316 Å². The van der Waals surface area contributed by atoms with Gasteiger partial charge in [-0.1, -0.05) is 55.5 Å². The first-order valence-electron chi connectivity index (χ1n) is 18.5. The predicted molar refractivity (Wildman–Crippen MR) is 209 cm³/mol. The van der Waals surface area contributed by atoms with E-state index >= 15 is 4.79 Å². The van der Waals surface area contributed by atoms with Crippen molar-refractivity contribution in [3.8, 4) is 0 Å². The van der Waals surface area contributed by atoms with E-state index in [4.69, 9.17) is 4.74 Å². The van der Waals surface area contributed by atoms with E-state index in [1.165, 1.54) is 4.90 Å². The molecule has 11 nitrogen and oxygen atoms in total.